The van der Waals surface area contributed by atoms with E-state index in [-0.39, 0.29) is 0 Å². The highest BCUT2D eigenvalue weighted by molar-refractivity contribution is 4.86. The number of ether oxygens (including phenoxy) is 1. The molecular weight excluding hydrogens is 140 g/mol. The second kappa shape index (κ2) is 9.44. The van der Waals surface area contributed by atoms with E-state index in [2.05, 4.69) is 16.6 Å². The maximum atomic E-state index is 5.04. The SMILES string of the molecule is C#CCNCCNCCOC. The van der Waals surface area contributed by atoms with Gasteiger partial charge in [0.25, 0.3) is 0 Å². The van der Waals surface area contributed by atoms with E-state index in [0.29, 0.717) is 6.54 Å². The van der Waals surface area contributed by atoms with Crippen LogP contribution in [0.1, 0.15) is 0 Å². The van der Waals surface area contributed by atoms with Crippen molar-refractivity contribution >= 4 is 0 Å². The summed E-state index contributed by atoms with van der Waals surface area (Å²) in [6, 6.07) is 0. The highest BCUT2D eigenvalue weighted by Gasteiger charge is 1.84. The molecule has 0 bridgehead atoms. The van der Waals surface area contributed by atoms with E-state index in [1.165, 1.54) is 0 Å². The normalized spacial score (nSPS) is 9.45. The third-order valence-corrected chi connectivity index (χ3v) is 1.19. The van der Waals surface area contributed by atoms with Crippen molar-refractivity contribution in [2.45, 2.75) is 0 Å². The number of rotatable bonds is 7. The molecule has 0 aliphatic heterocycles. The molecule has 0 saturated carbocycles. The van der Waals surface area contributed by atoms with Crippen LogP contribution in [-0.2, 0) is 4.74 Å². The molecule has 0 aliphatic carbocycles. The fraction of sp³-hybridized carbons (Fsp3) is 0.750. The zero-order chi connectivity index (χ0) is 8.36. The molecule has 0 saturated heterocycles. The number of methoxy groups -OCH3 is 1. The van der Waals surface area contributed by atoms with Crippen molar-refractivity contribution in [1.82, 2.24) is 10.6 Å². The first-order valence-corrected chi connectivity index (χ1v) is 3.75. The molecule has 0 aromatic carbocycles. The lowest BCUT2D eigenvalue weighted by Crippen LogP contribution is -2.29. The Morgan fingerprint density at radius 2 is 2.00 bits per heavy atom. The van der Waals surface area contributed by atoms with Crippen molar-refractivity contribution in [3.63, 3.8) is 0 Å². The largest absolute Gasteiger partial charge is 0.383 e. The van der Waals surface area contributed by atoms with Crippen molar-refractivity contribution in [3.8, 4) is 12.3 Å². The van der Waals surface area contributed by atoms with Crippen molar-refractivity contribution in [2.75, 3.05) is 39.9 Å². The Hall–Kier alpha value is -0.560. The van der Waals surface area contributed by atoms with Gasteiger partial charge in [-0.2, -0.15) is 0 Å². The first-order chi connectivity index (χ1) is 5.41. The minimum atomic E-state index is 0.645. The van der Waals surface area contributed by atoms with Gasteiger partial charge >= 0.3 is 0 Å². The summed E-state index contributed by atoms with van der Waals surface area (Å²) in [7, 11) is 1.69. The van der Waals surface area contributed by atoms with Crippen LogP contribution in [-0.4, -0.2) is 39.9 Å². The summed E-state index contributed by atoms with van der Waals surface area (Å²) in [6.07, 6.45) is 5.04. The van der Waals surface area contributed by atoms with Crippen LogP contribution < -0.4 is 10.6 Å². The van der Waals surface area contributed by atoms with Gasteiger partial charge in [0.05, 0.1) is 13.2 Å². The second-order valence-corrected chi connectivity index (χ2v) is 2.12. The van der Waals surface area contributed by atoms with Crippen LogP contribution in [0.5, 0.6) is 0 Å². The molecule has 3 heteroatoms. The molecule has 0 radical (unpaired) electrons. The Morgan fingerprint density at radius 1 is 1.27 bits per heavy atom. The van der Waals surface area contributed by atoms with E-state index in [1.54, 1.807) is 7.11 Å². The summed E-state index contributed by atoms with van der Waals surface area (Å²) in [6.45, 7) is 4.15. The molecule has 0 rings (SSSR count). The molecule has 2 N–H and O–H groups in total. The molecule has 0 aromatic rings. The number of nitrogens with one attached hydrogen (secondary N) is 2. The average molecular weight is 156 g/mol. The van der Waals surface area contributed by atoms with Gasteiger partial charge in [0.1, 0.15) is 0 Å². The predicted molar refractivity (Wildman–Crippen MR) is 46.4 cm³/mol. The third-order valence-electron chi connectivity index (χ3n) is 1.19. The third kappa shape index (κ3) is 9.44. The van der Waals surface area contributed by atoms with E-state index in [1.807, 2.05) is 0 Å². The van der Waals surface area contributed by atoms with Crippen LogP contribution in [0.2, 0.25) is 0 Å². The molecule has 0 atom stereocenters. The first kappa shape index (κ1) is 10.4. The van der Waals surface area contributed by atoms with Crippen LogP contribution in [0.4, 0.5) is 0 Å². The van der Waals surface area contributed by atoms with Crippen molar-refractivity contribution in [1.29, 1.82) is 0 Å². The molecular formula is C8H16N2O. The summed E-state index contributed by atoms with van der Waals surface area (Å²) >= 11 is 0. The van der Waals surface area contributed by atoms with Crippen molar-refractivity contribution in [2.24, 2.45) is 0 Å². The zero-order valence-electron chi connectivity index (χ0n) is 7.02. The average Bonchev–Trinajstić information content (AvgIpc) is 2.03. The standard InChI is InChI=1S/C8H16N2O/c1-3-4-9-5-6-10-7-8-11-2/h1,9-10H,4-8H2,2H3. The number of hydrogen-bond acceptors (Lipinski definition) is 3. The molecule has 0 aliphatic rings. The van der Waals surface area contributed by atoms with Gasteiger partial charge in [-0.1, -0.05) is 5.92 Å². The molecule has 0 aromatic heterocycles. The quantitative estimate of drug-likeness (QED) is 0.383. The molecule has 64 valence electrons. The second-order valence-electron chi connectivity index (χ2n) is 2.12. The highest BCUT2D eigenvalue weighted by Crippen LogP contribution is 1.63. The number of hydrogen-bond donors (Lipinski definition) is 2. The molecule has 0 heterocycles. The van der Waals surface area contributed by atoms with Gasteiger partial charge in [0.2, 0.25) is 0 Å². The lowest BCUT2D eigenvalue weighted by molar-refractivity contribution is 0.199. The maximum Gasteiger partial charge on any atom is 0.0587 e. The lowest BCUT2D eigenvalue weighted by atomic mass is 10.5. The summed E-state index contributed by atoms with van der Waals surface area (Å²) in [4.78, 5) is 0. The van der Waals surface area contributed by atoms with Crippen molar-refractivity contribution in [3.05, 3.63) is 0 Å². The van der Waals surface area contributed by atoms with Crippen LogP contribution in [0.15, 0.2) is 0 Å². The molecule has 0 unspecified atom stereocenters. The van der Waals surface area contributed by atoms with Gasteiger partial charge in [0.15, 0.2) is 0 Å². The molecule has 11 heavy (non-hydrogen) atoms. The monoisotopic (exact) mass is 156 g/mol. The fourth-order valence-electron chi connectivity index (χ4n) is 0.637. The minimum Gasteiger partial charge on any atom is -0.383 e. The Morgan fingerprint density at radius 3 is 2.64 bits per heavy atom. The Bertz CT molecular complexity index is 109. The maximum absolute atomic E-state index is 5.04. The molecule has 3 nitrogen and oxygen atoms in total. The Labute approximate surface area is 68.5 Å². The zero-order valence-corrected chi connectivity index (χ0v) is 7.02. The van der Waals surface area contributed by atoms with Gasteiger partial charge < -0.3 is 15.4 Å². The van der Waals surface area contributed by atoms with Crippen molar-refractivity contribution < 1.29 is 4.74 Å². The van der Waals surface area contributed by atoms with Gasteiger partial charge in [0, 0.05) is 26.7 Å². The van der Waals surface area contributed by atoms with E-state index in [9.17, 15) is 0 Å². The number of terminal acetylenes is 1. The highest BCUT2D eigenvalue weighted by atomic mass is 16.5. The summed E-state index contributed by atoms with van der Waals surface area (Å²) in [5, 5.41) is 6.26. The lowest BCUT2D eigenvalue weighted by Gasteiger charge is -2.02. The van der Waals surface area contributed by atoms with Gasteiger partial charge in [-0.05, 0) is 0 Å². The van der Waals surface area contributed by atoms with Gasteiger partial charge in [-0.15, -0.1) is 6.42 Å². The van der Waals surface area contributed by atoms with E-state index in [4.69, 9.17) is 11.2 Å². The topological polar surface area (TPSA) is 33.3 Å². The van der Waals surface area contributed by atoms with Crippen LogP contribution in [0.3, 0.4) is 0 Å². The minimum absolute atomic E-state index is 0.645. The van der Waals surface area contributed by atoms with Gasteiger partial charge in [-0.25, -0.2) is 0 Å². The van der Waals surface area contributed by atoms with Gasteiger partial charge in [-0.3, -0.25) is 0 Å². The molecule has 0 fully saturated rings. The predicted octanol–water partition coefficient (Wildman–Crippen LogP) is -0.555. The van der Waals surface area contributed by atoms with E-state index in [0.717, 1.165) is 26.2 Å². The summed E-state index contributed by atoms with van der Waals surface area (Å²) in [5.74, 6) is 2.51. The Kier molecular flexibility index (Phi) is 8.96. The van der Waals surface area contributed by atoms with E-state index >= 15 is 0 Å². The van der Waals surface area contributed by atoms with E-state index < -0.39 is 0 Å². The molecule has 0 amide bonds. The smallest absolute Gasteiger partial charge is 0.0587 e. The van der Waals surface area contributed by atoms with Crippen LogP contribution >= 0.6 is 0 Å². The Balaban J connectivity index is 2.75. The first-order valence-electron chi connectivity index (χ1n) is 3.75. The van der Waals surface area contributed by atoms with Crippen LogP contribution in [0.25, 0.3) is 0 Å². The van der Waals surface area contributed by atoms with Crippen LogP contribution in [0, 0.1) is 12.3 Å². The summed E-state index contributed by atoms with van der Waals surface area (Å²) < 4.78 is 4.85. The molecule has 0 spiro atoms. The summed E-state index contributed by atoms with van der Waals surface area (Å²) in [5.41, 5.74) is 0. The fourth-order valence-corrected chi connectivity index (χ4v) is 0.637.